The van der Waals surface area contributed by atoms with E-state index in [0.717, 1.165) is 41.2 Å². The number of rotatable bonds is 8. The number of nitrogens with one attached hydrogen (secondary N) is 2. The van der Waals surface area contributed by atoms with E-state index in [1.807, 2.05) is 25.1 Å². The number of hydrogen-bond donors (Lipinski definition) is 2. The largest absolute Gasteiger partial charge is 0.493 e. The summed E-state index contributed by atoms with van der Waals surface area (Å²) in [6.07, 6.45) is 9.00. The van der Waals surface area contributed by atoms with Gasteiger partial charge in [0.25, 0.3) is 0 Å². The molecule has 4 fully saturated rings. The first-order valence-corrected chi connectivity index (χ1v) is 11.4. The van der Waals surface area contributed by atoms with Gasteiger partial charge < -0.3 is 20.1 Å². The molecule has 0 spiro atoms. The van der Waals surface area contributed by atoms with Crippen molar-refractivity contribution >= 4 is 6.03 Å². The summed E-state index contributed by atoms with van der Waals surface area (Å²) in [7, 11) is 1.65. The Bertz CT molecular complexity index is 698. The van der Waals surface area contributed by atoms with Gasteiger partial charge >= 0.3 is 6.03 Å². The van der Waals surface area contributed by atoms with Crippen LogP contribution in [0.25, 0.3) is 0 Å². The van der Waals surface area contributed by atoms with E-state index in [0.29, 0.717) is 18.6 Å². The van der Waals surface area contributed by atoms with E-state index in [1.54, 1.807) is 7.11 Å². The molecule has 0 aromatic heterocycles. The van der Waals surface area contributed by atoms with Crippen molar-refractivity contribution in [3.05, 3.63) is 23.8 Å². The highest BCUT2D eigenvalue weighted by molar-refractivity contribution is 5.74. The smallest absolute Gasteiger partial charge is 0.315 e. The van der Waals surface area contributed by atoms with Crippen molar-refractivity contribution < 1.29 is 14.3 Å². The van der Waals surface area contributed by atoms with Crippen LogP contribution < -0.4 is 20.1 Å². The van der Waals surface area contributed by atoms with E-state index in [9.17, 15) is 4.79 Å². The lowest BCUT2D eigenvalue weighted by atomic mass is 9.48. The lowest BCUT2D eigenvalue weighted by Gasteiger charge is -2.59. The molecule has 1 unspecified atom stereocenters. The Kier molecular flexibility index (Phi) is 5.93. The van der Waals surface area contributed by atoms with E-state index in [-0.39, 0.29) is 12.1 Å². The van der Waals surface area contributed by atoms with Gasteiger partial charge in [0.05, 0.1) is 13.7 Å². The van der Waals surface area contributed by atoms with E-state index in [1.165, 1.54) is 38.5 Å². The van der Waals surface area contributed by atoms with Crippen LogP contribution in [0, 0.1) is 23.2 Å². The first-order valence-electron chi connectivity index (χ1n) is 11.4. The third-order valence-corrected chi connectivity index (χ3v) is 7.58. The lowest BCUT2D eigenvalue weighted by Crippen LogP contribution is -2.57. The minimum atomic E-state index is -0.0360. The molecule has 5 heteroatoms. The monoisotopic (exact) mass is 400 g/mol. The highest BCUT2D eigenvalue weighted by Gasteiger charge is 2.53. The van der Waals surface area contributed by atoms with Crippen LogP contribution in [0.15, 0.2) is 18.2 Å². The van der Waals surface area contributed by atoms with Crippen LogP contribution in [0.1, 0.15) is 57.9 Å². The van der Waals surface area contributed by atoms with Crippen LogP contribution in [0.2, 0.25) is 0 Å². The maximum Gasteiger partial charge on any atom is 0.315 e. The van der Waals surface area contributed by atoms with Crippen LogP contribution in [0.4, 0.5) is 4.79 Å². The Morgan fingerprint density at radius 1 is 1.14 bits per heavy atom. The summed E-state index contributed by atoms with van der Waals surface area (Å²) in [4.78, 5) is 12.5. The van der Waals surface area contributed by atoms with Crippen LogP contribution in [-0.4, -0.2) is 32.3 Å². The summed E-state index contributed by atoms with van der Waals surface area (Å²) >= 11 is 0. The van der Waals surface area contributed by atoms with Crippen molar-refractivity contribution in [2.45, 2.75) is 64.8 Å². The second kappa shape index (κ2) is 8.45. The van der Waals surface area contributed by atoms with E-state index < -0.39 is 0 Å². The van der Waals surface area contributed by atoms with Crippen molar-refractivity contribution in [2.24, 2.45) is 23.2 Å². The van der Waals surface area contributed by atoms with Crippen molar-refractivity contribution in [1.29, 1.82) is 0 Å². The predicted octanol–water partition coefficient (Wildman–Crippen LogP) is 4.54. The third kappa shape index (κ3) is 4.34. The molecule has 4 saturated carbocycles. The maximum absolute atomic E-state index is 12.5. The number of hydrogen-bond acceptors (Lipinski definition) is 3. The topological polar surface area (TPSA) is 59.6 Å². The Balaban J connectivity index is 1.26. The normalized spacial score (nSPS) is 30.7. The Labute approximate surface area is 174 Å². The Hall–Kier alpha value is -1.91. The predicted molar refractivity (Wildman–Crippen MR) is 114 cm³/mol. The van der Waals surface area contributed by atoms with Gasteiger partial charge in [-0.2, -0.15) is 0 Å². The quantitative estimate of drug-likeness (QED) is 0.673. The zero-order valence-corrected chi connectivity index (χ0v) is 18.1. The number of carbonyl (C=O) groups is 1. The molecule has 1 aromatic rings. The molecule has 4 aliphatic rings. The average Bonchev–Trinajstić information content (AvgIpc) is 2.68. The molecule has 4 bridgehead atoms. The fraction of sp³-hybridized carbons (Fsp3) is 0.708. The SMILES string of the molecule is CCOc1ccc(CCNC(=O)NC(C)C23CC4CC(CC(C4)C2)C3)cc1OC. The number of urea groups is 1. The number of amides is 2. The summed E-state index contributed by atoms with van der Waals surface area (Å²) in [5, 5.41) is 6.33. The van der Waals surface area contributed by atoms with Gasteiger partial charge in [0, 0.05) is 12.6 Å². The molecule has 2 N–H and O–H groups in total. The molecule has 0 radical (unpaired) electrons. The molecular formula is C24H36N2O3. The van der Waals surface area contributed by atoms with Gasteiger partial charge in [-0.3, -0.25) is 0 Å². The molecular weight excluding hydrogens is 364 g/mol. The van der Waals surface area contributed by atoms with Crippen LogP contribution in [0.3, 0.4) is 0 Å². The van der Waals surface area contributed by atoms with Crippen molar-refractivity contribution in [2.75, 3.05) is 20.3 Å². The molecule has 0 aliphatic heterocycles. The minimum absolute atomic E-state index is 0.0360. The van der Waals surface area contributed by atoms with Gasteiger partial charge in [0.2, 0.25) is 0 Å². The molecule has 1 atom stereocenters. The number of carbonyl (C=O) groups excluding carboxylic acids is 1. The van der Waals surface area contributed by atoms with Crippen LogP contribution in [-0.2, 0) is 6.42 Å². The standard InChI is InChI=1S/C24H36N2O3/c1-4-29-21-6-5-17(12-22(21)28-3)7-8-25-23(27)26-16(2)24-13-18-9-19(14-24)11-20(10-18)15-24/h5-6,12,16,18-20H,4,7-11,13-15H2,1-3H3,(H2,25,26,27). The van der Waals surface area contributed by atoms with Gasteiger partial charge in [0.15, 0.2) is 11.5 Å². The molecule has 0 saturated heterocycles. The first-order chi connectivity index (χ1) is 14.0. The fourth-order valence-electron chi connectivity index (χ4n) is 6.57. The van der Waals surface area contributed by atoms with Gasteiger partial charge in [-0.05, 0) is 99.7 Å². The Morgan fingerprint density at radius 2 is 1.79 bits per heavy atom. The number of ether oxygens (including phenoxy) is 2. The summed E-state index contributed by atoms with van der Waals surface area (Å²) in [6.45, 7) is 5.40. The van der Waals surface area contributed by atoms with Crippen LogP contribution in [0.5, 0.6) is 11.5 Å². The van der Waals surface area contributed by atoms with Gasteiger partial charge in [-0.1, -0.05) is 6.07 Å². The van der Waals surface area contributed by atoms with Gasteiger partial charge in [-0.15, -0.1) is 0 Å². The van der Waals surface area contributed by atoms with Crippen molar-refractivity contribution in [3.8, 4) is 11.5 Å². The Morgan fingerprint density at radius 3 is 2.38 bits per heavy atom. The van der Waals surface area contributed by atoms with Crippen LogP contribution >= 0.6 is 0 Å². The fourth-order valence-corrected chi connectivity index (χ4v) is 6.57. The van der Waals surface area contributed by atoms with Crippen molar-refractivity contribution in [3.63, 3.8) is 0 Å². The molecule has 5 nitrogen and oxygen atoms in total. The highest BCUT2D eigenvalue weighted by atomic mass is 16.5. The second-order valence-corrected chi connectivity index (χ2v) is 9.57. The molecule has 1 aromatic carbocycles. The molecule has 0 heterocycles. The molecule has 160 valence electrons. The summed E-state index contributed by atoms with van der Waals surface area (Å²) in [6, 6.07) is 6.17. The van der Waals surface area contributed by atoms with E-state index >= 15 is 0 Å². The molecule has 5 rings (SSSR count). The number of benzene rings is 1. The summed E-state index contributed by atoms with van der Waals surface area (Å²) in [5.41, 5.74) is 1.47. The zero-order valence-electron chi connectivity index (χ0n) is 18.1. The summed E-state index contributed by atoms with van der Waals surface area (Å²) < 4.78 is 11.0. The van der Waals surface area contributed by atoms with E-state index in [2.05, 4.69) is 17.6 Å². The number of methoxy groups -OCH3 is 1. The third-order valence-electron chi connectivity index (χ3n) is 7.58. The maximum atomic E-state index is 12.5. The van der Waals surface area contributed by atoms with Gasteiger partial charge in [0.1, 0.15) is 0 Å². The van der Waals surface area contributed by atoms with Gasteiger partial charge in [-0.25, -0.2) is 4.79 Å². The molecule has 29 heavy (non-hydrogen) atoms. The summed E-state index contributed by atoms with van der Waals surface area (Å²) in [5.74, 6) is 4.22. The zero-order chi connectivity index (χ0) is 20.4. The molecule has 2 amide bonds. The molecule has 4 aliphatic carbocycles. The van der Waals surface area contributed by atoms with E-state index in [4.69, 9.17) is 9.47 Å². The lowest BCUT2D eigenvalue weighted by molar-refractivity contribution is -0.0682. The first kappa shape index (κ1) is 20.4. The second-order valence-electron chi connectivity index (χ2n) is 9.57. The average molecular weight is 401 g/mol. The highest BCUT2D eigenvalue weighted by Crippen LogP contribution is 2.61. The minimum Gasteiger partial charge on any atom is -0.493 e. The van der Waals surface area contributed by atoms with Crippen molar-refractivity contribution in [1.82, 2.24) is 10.6 Å².